The van der Waals surface area contributed by atoms with E-state index in [1.807, 2.05) is 0 Å². The molecule has 0 saturated carbocycles. The van der Waals surface area contributed by atoms with Crippen LogP contribution in [0.3, 0.4) is 0 Å². The van der Waals surface area contributed by atoms with E-state index in [1.54, 1.807) is 0 Å². The number of hydrogen-bond acceptors (Lipinski definition) is 1. The van der Waals surface area contributed by atoms with Gasteiger partial charge < -0.3 is 9.47 Å². The van der Waals surface area contributed by atoms with E-state index in [4.69, 9.17) is 0 Å². The third-order valence-corrected chi connectivity index (χ3v) is 13.4. The number of aromatic nitrogens is 1. The Hall–Kier alpha value is -8.20. The molecule has 1 aliphatic heterocycles. The molecule has 2 heteroatoms. The van der Waals surface area contributed by atoms with Crippen molar-refractivity contribution in [2.45, 2.75) is 20.3 Å². The lowest BCUT2D eigenvalue weighted by molar-refractivity contribution is 1.19. The molecule has 0 fully saturated rings. The van der Waals surface area contributed by atoms with Crippen molar-refractivity contribution >= 4 is 55.2 Å². The molecular weight excluding hydrogens is 785 g/mol. The summed E-state index contributed by atoms with van der Waals surface area (Å²) in [5.74, 6) is 0. The molecule has 1 aromatic heterocycles. The first-order chi connectivity index (χ1) is 32.1. The first kappa shape index (κ1) is 38.5. The summed E-state index contributed by atoms with van der Waals surface area (Å²) in [6.45, 7) is 4.41. The maximum atomic E-state index is 2.56. The van der Waals surface area contributed by atoms with Crippen molar-refractivity contribution in [1.29, 1.82) is 0 Å². The number of anilines is 3. The molecule has 10 aromatic carbocycles. The van der Waals surface area contributed by atoms with Crippen LogP contribution < -0.4 is 4.90 Å². The quantitative estimate of drug-likeness (QED) is 0.148. The zero-order valence-corrected chi connectivity index (χ0v) is 36.5. The zero-order chi connectivity index (χ0) is 43.4. The van der Waals surface area contributed by atoms with Crippen LogP contribution in [0.2, 0.25) is 0 Å². The van der Waals surface area contributed by atoms with E-state index in [9.17, 15) is 0 Å². The molecule has 0 spiro atoms. The number of nitrogens with zero attached hydrogens (tertiary/aromatic N) is 2. The summed E-state index contributed by atoms with van der Waals surface area (Å²) in [6, 6.07) is 82.7. The summed E-state index contributed by atoms with van der Waals surface area (Å²) in [5.41, 5.74) is 21.7. The Kier molecular flexibility index (Phi) is 9.39. The van der Waals surface area contributed by atoms with Gasteiger partial charge in [-0.05, 0) is 123 Å². The van der Waals surface area contributed by atoms with Gasteiger partial charge in [0.25, 0.3) is 0 Å². The van der Waals surface area contributed by atoms with Crippen molar-refractivity contribution in [3.05, 3.63) is 236 Å². The fourth-order valence-corrected chi connectivity index (χ4v) is 10.3. The lowest BCUT2D eigenvalue weighted by Crippen LogP contribution is -2.10. The van der Waals surface area contributed by atoms with Crippen molar-refractivity contribution in [2.75, 3.05) is 4.90 Å². The van der Waals surface area contributed by atoms with Crippen LogP contribution in [0, 0.1) is 0 Å². The van der Waals surface area contributed by atoms with E-state index < -0.39 is 0 Å². The lowest BCUT2D eigenvalue weighted by Gasteiger charge is -2.27. The SMILES string of the molecule is CC/C=C(\C)c1cccc(N(c2ccc(-c3ccc(-c4ccccc4)cc3)cc2)c2ccc(-c3cccc4c3-n3c5ccccc5c5c6ccccc6cc(c53)-c3ccccc3-4)cc2)c1. The Labute approximate surface area is 380 Å². The monoisotopic (exact) mass is 830 g/mol. The molecule has 11 aromatic rings. The van der Waals surface area contributed by atoms with Crippen LogP contribution in [-0.2, 0) is 0 Å². The van der Waals surface area contributed by atoms with Crippen molar-refractivity contribution in [2.24, 2.45) is 0 Å². The number of rotatable bonds is 8. The fraction of sp³-hybridized carbons (Fsp3) is 0.0476. The van der Waals surface area contributed by atoms with Gasteiger partial charge in [-0.1, -0.05) is 189 Å². The molecule has 0 aliphatic carbocycles. The Balaban J connectivity index is 1.00. The highest BCUT2D eigenvalue weighted by Crippen LogP contribution is 2.51. The van der Waals surface area contributed by atoms with E-state index in [1.165, 1.54) is 105 Å². The van der Waals surface area contributed by atoms with Gasteiger partial charge in [-0.15, -0.1) is 0 Å². The standard InChI is InChI=1S/C63H46N2/c1-3-15-42(2)48-19-13-20-52(40-48)64(50-36-32-46(33-37-50)45-30-28-44(29-31-45)43-16-5-4-6-17-43)51-38-34-47(35-39-51)54-25-14-26-57-55-22-9-10-23-56(55)59-41-49-18-7-8-21-53(49)61-58-24-11-12-27-60(58)65(62(54)57)63(59)61/h4-41H,3H2,1-2H3/b42-15+. The molecule has 308 valence electrons. The second kappa shape index (κ2) is 15.9. The Morgan fingerprint density at radius 3 is 1.68 bits per heavy atom. The van der Waals surface area contributed by atoms with Gasteiger partial charge in [-0.25, -0.2) is 0 Å². The summed E-state index contributed by atoms with van der Waals surface area (Å²) in [4.78, 5) is 2.39. The first-order valence-electron chi connectivity index (χ1n) is 22.7. The maximum absolute atomic E-state index is 2.56. The van der Waals surface area contributed by atoms with E-state index >= 15 is 0 Å². The van der Waals surface area contributed by atoms with Crippen LogP contribution in [0.1, 0.15) is 25.8 Å². The van der Waals surface area contributed by atoms with Crippen molar-refractivity contribution in [3.8, 4) is 61.3 Å². The Bertz CT molecular complexity index is 3610. The normalized spacial score (nSPS) is 12.0. The molecule has 0 radical (unpaired) electrons. The summed E-state index contributed by atoms with van der Waals surface area (Å²) in [5, 5.41) is 5.11. The van der Waals surface area contributed by atoms with Gasteiger partial charge in [-0.3, -0.25) is 0 Å². The zero-order valence-electron chi connectivity index (χ0n) is 36.5. The average molecular weight is 831 g/mol. The predicted octanol–water partition coefficient (Wildman–Crippen LogP) is 17.9. The summed E-state index contributed by atoms with van der Waals surface area (Å²) in [6.07, 6.45) is 3.30. The average Bonchev–Trinajstić information content (AvgIpc) is 3.66. The van der Waals surface area contributed by atoms with Gasteiger partial charge in [0.15, 0.2) is 0 Å². The highest BCUT2D eigenvalue weighted by molar-refractivity contribution is 6.26. The van der Waals surface area contributed by atoms with Crippen molar-refractivity contribution in [1.82, 2.24) is 4.57 Å². The molecule has 0 atom stereocenters. The van der Waals surface area contributed by atoms with Crippen molar-refractivity contribution in [3.63, 3.8) is 0 Å². The van der Waals surface area contributed by atoms with Gasteiger partial charge in [0, 0.05) is 44.5 Å². The van der Waals surface area contributed by atoms with Gasteiger partial charge in [-0.2, -0.15) is 0 Å². The molecule has 65 heavy (non-hydrogen) atoms. The molecule has 2 nitrogen and oxygen atoms in total. The topological polar surface area (TPSA) is 8.17 Å². The summed E-state index contributed by atoms with van der Waals surface area (Å²) >= 11 is 0. The minimum atomic E-state index is 0.996. The molecule has 2 heterocycles. The molecule has 1 aliphatic rings. The highest BCUT2D eigenvalue weighted by Gasteiger charge is 2.28. The lowest BCUT2D eigenvalue weighted by atomic mass is 9.90. The van der Waals surface area contributed by atoms with Gasteiger partial charge in [0.05, 0.1) is 16.7 Å². The van der Waals surface area contributed by atoms with Crippen LogP contribution in [0.25, 0.3) is 99.5 Å². The third kappa shape index (κ3) is 6.49. The molecular formula is C63H46N2. The van der Waals surface area contributed by atoms with Crippen LogP contribution in [0.4, 0.5) is 17.1 Å². The second-order valence-electron chi connectivity index (χ2n) is 17.2. The number of fused-ring (bicyclic) bond motifs is 10. The number of allylic oxidation sites excluding steroid dienone is 2. The number of hydrogen-bond donors (Lipinski definition) is 0. The van der Waals surface area contributed by atoms with Crippen LogP contribution in [-0.4, -0.2) is 4.57 Å². The Morgan fingerprint density at radius 2 is 0.969 bits per heavy atom. The van der Waals surface area contributed by atoms with E-state index in [0.717, 1.165) is 23.5 Å². The molecule has 0 saturated heterocycles. The Morgan fingerprint density at radius 1 is 0.431 bits per heavy atom. The molecule has 12 rings (SSSR count). The number of para-hydroxylation sites is 2. The highest BCUT2D eigenvalue weighted by atomic mass is 15.1. The van der Waals surface area contributed by atoms with E-state index in [2.05, 4.69) is 254 Å². The third-order valence-electron chi connectivity index (χ3n) is 13.4. The predicted molar refractivity (Wildman–Crippen MR) is 278 cm³/mol. The molecule has 0 amide bonds. The van der Waals surface area contributed by atoms with Crippen LogP contribution in [0.5, 0.6) is 0 Å². The maximum Gasteiger partial charge on any atom is 0.0626 e. The fourth-order valence-electron chi connectivity index (χ4n) is 10.3. The van der Waals surface area contributed by atoms with Crippen molar-refractivity contribution < 1.29 is 0 Å². The molecule has 0 bridgehead atoms. The molecule has 0 N–H and O–H groups in total. The minimum absolute atomic E-state index is 0.996. The largest absolute Gasteiger partial charge is 0.310 e. The van der Waals surface area contributed by atoms with Crippen LogP contribution in [0.15, 0.2) is 231 Å². The van der Waals surface area contributed by atoms with E-state index in [-0.39, 0.29) is 0 Å². The van der Waals surface area contributed by atoms with E-state index in [0.29, 0.717) is 0 Å². The first-order valence-corrected chi connectivity index (χ1v) is 22.7. The van der Waals surface area contributed by atoms with Gasteiger partial charge >= 0.3 is 0 Å². The van der Waals surface area contributed by atoms with Gasteiger partial charge in [0.2, 0.25) is 0 Å². The summed E-state index contributed by atoms with van der Waals surface area (Å²) < 4.78 is 2.56. The van der Waals surface area contributed by atoms with Crippen LogP contribution >= 0.6 is 0 Å². The summed E-state index contributed by atoms with van der Waals surface area (Å²) in [7, 11) is 0. The van der Waals surface area contributed by atoms with Gasteiger partial charge in [0.1, 0.15) is 0 Å². The number of benzene rings is 10. The second-order valence-corrected chi connectivity index (χ2v) is 17.2. The molecule has 0 unspecified atom stereocenters. The smallest absolute Gasteiger partial charge is 0.0626 e. The minimum Gasteiger partial charge on any atom is -0.310 e.